The van der Waals surface area contributed by atoms with Crippen LogP contribution in [0.1, 0.15) is 37.1 Å². The van der Waals surface area contributed by atoms with E-state index >= 15 is 4.39 Å². The van der Waals surface area contributed by atoms with Crippen LogP contribution >= 0.6 is 0 Å². The van der Waals surface area contributed by atoms with Crippen LogP contribution in [0, 0.1) is 5.92 Å². The maximum absolute atomic E-state index is 15.3. The highest BCUT2D eigenvalue weighted by atomic mass is 19.4. The van der Waals surface area contributed by atoms with E-state index in [1.807, 2.05) is 7.05 Å². The Hall–Kier alpha value is -2.94. The van der Waals surface area contributed by atoms with E-state index in [9.17, 15) is 18.0 Å². The Bertz CT molecular complexity index is 1130. The summed E-state index contributed by atoms with van der Waals surface area (Å²) in [6, 6.07) is 6.58. The summed E-state index contributed by atoms with van der Waals surface area (Å²) in [6.45, 7) is 4.87. The van der Waals surface area contributed by atoms with Crippen LogP contribution in [-0.2, 0) is 4.79 Å². The van der Waals surface area contributed by atoms with Gasteiger partial charge in [-0.15, -0.1) is 0 Å². The van der Waals surface area contributed by atoms with Crippen molar-refractivity contribution in [2.24, 2.45) is 5.92 Å². The molecule has 1 aliphatic carbocycles. The highest BCUT2D eigenvalue weighted by Gasteiger charge is 2.36. The van der Waals surface area contributed by atoms with E-state index in [1.54, 1.807) is 36.4 Å². The van der Waals surface area contributed by atoms with Gasteiger partial charge in [0.15, 0.2) is 0 Å². The number of nitrogens with one attached hydrogen (secondary N) is 2. The first-order chi connectivity index (χ1) is 16.6. The summed E-state index contributed by atoms with van der Waals surface area (Å²) >= 11 is 0. The lowest BCUT2D eigenvalue weighted by atomic mass is 9.93. The summed E-state index contributed by atoms with van der Waals surface area (Å²) in [4.78, 5) is 18.1. The first-order valence-electron chi connectivity index (χ1n) is 11.8. The molecule has 2 N–H and O–H groups in total. The summed E-state index contributed by atoms with van der Waals surface area (Å²) in [5.74, 6) is 0.0497. The minimum atomic E-state index is -4.65. The number of fused-ring (bicyclic) bond motifs is 1. The fraction of sp³-hybridized carbons (Fsp3) is 0.462. The van der Waals surface area contributed by atoms with Gasteiger partial charge in [0.25, 0.3) is 0 Å². The predicted octanol–water partition coefficient (Wildman–Crippen LogP) is 5.20. The first-order valence-corrected chi connectivity index (χ1v) is 11.8. The number of piperidine rings is 1. The number of rotatable bonds is 8. The summed E-state index contributed by atoms with van der Waals surface area (Å²) in [5, 5.41) is 6.70. The second-order valence-electron chi connectivity index (χ2n) is 9.50. The summed E-state index contributed by atoms with van der Waals surface area (Å²) in [5.41, 5.74) is -1.87. The van der Waals surface area contributed by atoms with Gasteiger partial charge in [0.05, 0.1) is 17.0 Å². The van der Waals surface area contributed by atoms with Crippen molar-refractivity contribution < 1.29 is 22.4 Å². The van der Waals surface area contributed by atoms with Gasteiger partial charge in [-0.25, -0.2) is 9.37 Å². The van der Waals surface area contributed by atoms with Crippen LogP contribution in [-0.4, -0.2) is 60.9 Å². The monoisotopic (exact) mass is 490 g/mol. The van der Waals surface area contributed by atoms with Crippen molar-refractivity contribution in [2.75, 3.05) is 38.5 Å². The number of likely N-dealkylation sites (tertiary alicyclic amines) is 1. The Morgan fingerprint density at radius 2 is 1.97 bits per heavy atom. The largest absolute Gasteiger partial charge is 0.417 e. The molecule has 1 aliphatic heterocycles. The highest BCUT2D eigenvalue weighted by molar-refractivity contribution is 6.00. The molecule has 0 unspecified atom stereocenters. The number of nitrogens with zero attached hydrogens (tertiary/aromatic N) is 2. The number of allylic oxidation sites excluding steroid dienone is 1. The van der Waals surface area contributed by atoms with Crippen molar-refractivity contribution in [3.63, 3.8) is 0 Å². The Morgan fingerprint density at radius 1 is 1.26 bits per heavy atom. The Morgan fingerprint density at radius 3 is 2.63 bits per heavy atom. The molecule has 2 aromatic rings. The Labute approximate surface area is 202 Å². The molecule has 1 aromatic carbocycles. The molecule has 35 heavy (non-hydrogen) atoms. The standard InChI is InChI=1S/C26H30F4N4O/c1-17(26(28,29)30)23-20-6-3-7-22(32-16-25(27)10-13-34(2)14-11-25)21(20)15-19(33-23)5-4-12-31-24(35)18-8-9-18/h3-7,15,18,32H,1,8-14,16H2,2H3,(H,31,35)/b5-4+. The van der Waals surface area contributed by atoms with Crippen molar-refractivity contribution in [2.45, 2.75) is 37.5 Å². The molecule has 1 aromatic heterocycles. The van der Waals surface area contributed by atoms with Gasteiger partial charge in [-0.1, -0.05) is 24.8 Å². The van der Waals surface area contributed by atoms with Gasteiger partial charge in [0.1, 0.15) is 5.67 Å². The van der Waals surface area contributed by atoms with E-state index < -0.39 is 17.4 Å². The number of carbonyl (C=O) groups is 1. The molecular weight excluding hydrogens is 460 g/mol. The summed E-state index contributed by atoms with van der Waals surface area (Å²) in [6.07, 6.45) is 1.12. The van der Waals surface area contributed by atoms with Gasteiger partial charge in [-0.05, 0) is 50.9 Å². The molecule has 9 heteroatoms. The molecule has 0 spiro atoms. The van der Waals surface area contributed by atoms with Crippen LogP contribution in [0.2, 0.25) is 0 Å². The third-order valence-corrected chi connectivity index (χ3v) is 6.63. The number of anilines is 1. The quantitative estimate of drug-likeness (QED) is 0.500. The lowest BCUT2D eigenvalue weighted by Crippen LogP contribution is -2.44. The van der Waals surface area contributed by atoms with Crippen molar-refractivity contribution >= 4 is 34.0 Å². The van der Waals surface area contributed by atoms with Gasteiger partial charge in [-0.3, -0.25) is 4.79 Å². The minimum absolute atomic E-state index is 0.0206. The molecule has 0 atom stereocenters. The number of aromatic nitrogens is 1. The topological polar surface area (TPSA) is 57.3 Å². The SMILES string of the molecule is C=C(c1nc(/C=C/CNC(=O)C2CC2)cc2c(NCC3(F)CCN(C)CC3)cccc12)C(F)(F)F. The van der Waals surface area contributed by atoms with E-state index in [2.05, 4.69) is 27.1 Å². The normalized spacial score (nSPS) is 18.7. The molecule has 2 fully saturated rings. The van der Waals surface area contributed by atoms with Crippen LogP contribution in [0.5, 0.6) is 0 Å². The van der Waals surface area contributed by atoms with E-state index in [0.29, 0.717) is 42.7 Å². The van der Waals surface area contributed by atoms with Crippen LogP contribution in [0.15, 0.2) is 36.9 Å². The molecule has 1 saturated carbocycles. The molecule has 2 heterocycles. The first kappa shape index (κ1) is 25.2. The van der Waals surface area contributed by atoms with Crippen molar-refractivity contribution in [1.82, 2.24) is 15.2 Å². The summed E-state index contributed by atoms with van der Waals surface area (Å²) in [7, 11) is 1.95. The molecule has 1 saturated heterocycles. The van der Waals surface area contributed by atoms with Gasteiger partial charge >= 0.3 is 6.18 Å². The maximum Gasteiger partial charge on any atom is 0.417 e. The number of hydrogen-bond donors (Lipinski definition) is 2. The smallest absolute Gasteiger partial charge is 0.381 e. The van der Waals surface area contributed by atoms with Gasteiger partial charge in [-0.2, -0.15) is 13.2 Å². The third kappa shape index (κ3) is 6.20. The minimum Gasteiger partial charge on any atom is -0.381 e. The number of pyridine rings is 1. The Balaban J connectivity index is 1.62. The third-order valence-electron chi connectivity index (χ3n) is 6.63. The van der Waals surface area contributed by atoms with Gasteiger partial charge in [0, 0.05) is 48.6 Å². The van der Waals surface area contributed by atoms with Crippen LogP contribution in [0.3, 0.4) is 0 Å². The summed E-state index contributed by atoms with van der Waals surface area (Å²) < 4.78 is 56.0. The zero-order valence-corrected chi connectivity index (χ0v) is 19.7. The fourth-order valence-electron chi connectivity index (χ4n) is 4.18. The predicted molar refractivity (Wildman–Crippen MR) is 131 cm³/mol. The van der Waals surface area contributed by atoms with Crippen molar-refractivity contribution in [1.29, 1.82) is 0 Å². The maximum atomic E-state index is 15.3. The number of hydrogen-bond acceptors (Lipinski definition) is 4. The van der Waals surface area contributed by atoms with Crippen LogP contribution in [0.25, 0.3) is 22.4 Å². The van der Waals surface area contributed by atoms with E-state index in [-0.39, 0.29) is 36.0 Å². The molecule has 4 rings (SSSR count). The molecular formula is C26H30F4N4O. The number of halogens is 4. The molecule has 0 bridgehead atoms. The fourth-order valence-corrected chi connectivity index (χ4v) is 4.18. The number of benzene rings is 1. The molecule has 5 nitrogen and oxygen atoms in total. The van der Waals surface area contributed by atoms with E-state index in [1.165, 1.54) is 0 Å². The second-order valence-corrected chi connectivity index (χ2v) is 9.50. The van der Waals surface area contributed by atoms with Crippen LogP contribution in [0.4, 0.5) is 23.2 Å². The zero-order valence-electron chi connectivity index (χ0n) is 19.7. The number of carbonyl (C=O) groups excluding carboxylic acids is 1. The highest BCUT2D eigenvalue weighted by Crippen LogP contribution is 2.37. The molecule has 2 aliphatic rings. The van der Waals surface area contributed by atoms with Gasteiger partial charge in [0.2, 0.25) is 5.91 Å². The van der Waals surface area contributed by atoms with E-state index in [0.717, 1.165) is 12.8 Å². The molecule has 0 radical (unpaired) electrons. The average molecular weight is 491 g/mol. The molecule has 188 valence electrons. The lowest BCUT2D eigenvalue weighted by molar-refractivity contribution is -0.122. The van der Waals surface area contributed by atoms with Gasteiger partial charge < -0.3 is 15.5 Å². The average Bonchev–Trinajstić information content (AvgIpc) is 3.67. The second kappa shape index (κ2) is 9.97. The lowest BCUT2D eigenvalue weighted by Gasteiger charge is -2.34. The molecule has 1 amide bonds. The van der Waals surface area contributed by atoms with Crippen molar-refractivity contribution in [3.05, 3.63) is 48.3 Å². The Kier molecular flexibility index (Phi) is 7.17. The van der Waals surface area contributed by atoms with Crippen molar-refractivity contribution in [3.8, 4) is 0 Å². The van der Waals surface area contributed by atoms with Crippen LogP contribution < -0.4 is 10.6 Å². The van der Waals surface area contributed by atoms with E-state index in [4.69, 9.17) is 0 Å². The number of alkyl halides is 4. The zero-order chi connectivity index (χ0) is 25.2. The number of amides is 1.